The van der Waals surface area contributed by atoms with Crippen molar-refractivity contribution < 1.29 is 9.53 Å². The second-order valence-corrected chi connectivity index (χ2v) is 6.20. The number of piperidine rings is 1. The minimum Gasteiger partial charge on any atom is -0.459 e. The largest absolute Gasteiger partial charge is 0.459 e. The van der Waals surface area contributed by atoms with E-state index in [-0.39, 0.29) is 5.97 Å². The fraction of sp³-hybridized carbons (Fsp3) is 0.562. The van der Waals surface area contributed by atoms with Crippen LogP contribution in [0.2, 0.25) is 0 Å². The first-order valence-electron chi connectivity index (χ1n) is 6.94. The first-order chi connectivity index (χ1) is 8.94. The molecule has 0 bridgehead atoms. The lowest BCUT2D eigenvalue weighted by Gasteiger charge is -2.37. The highest BCUT2D eigenvalue weighted by atomic mass is 16.6. The van der Waals surface area contributed by atoms with Crippen molar-refractivity contribution in [2.45, 2.75) is 44.6 Å². The molecule has 104 valence electrons. The third kappa shape index (κ3) is 3.16. The second-order valence-electron chi connectivity index (χ2n) is 6.20. The van der Waals surface area contributed by atoms with Crippen molar-refractivity contribution in [2.75, 3.05) is 13.1 Å². The zero-order valence-electron chi connectivity index (χ0n) is 12.0. The Morgan fingerprint density at radius 2 is 1.74 bits per heavy atom. The van der Waals surface area contributed by atoms with Gasteiger partial charge in [0.15, 0.2) is 0 Å². The molecule has 2 rings (SSSR count). The van der Waals surface area contributed by atoms with Crippen molar-refractivity contribution in [3.05, 3.63) is 35.9 Å². The number of carbonyl (C=O) groups is 1. The predicted octanol–water partition coefficient (Wildman–Crippen LogP) is 2.65. The first kappa shape index (κ1) is 14.1. The molecule has 0 aliphatic carbocycles. The summed E-state index contributed by atoms with van der Waals surface area (Å²) in [7, 11) is 0. The van der Waals surface area contributed by atoms with Gasteiger partial charge in [-0.15, -0.1) is 0 Å². The van der Waals surface area contributed by atoms with Gasteiger partial charge in [-0.2, -0.15) is 0 Å². The van der Waals surface area contributed by atoms with Crippen LogP contribution in [-0.2, 0) is 14.9 Å². The molecule has 0 spiro atoms. The number of hydrogen-bond donors (Lipinski definition) is 1. The molecule has 0 amide bonds. The molecule has 1 aliphatic heterocycles. The van der Waals surface area contributed by atoms with Gasteiger partial charge in [0.1, 0.15) is 5.60 Å². The van der Waals surface area contributed by atoms with Crippen LogP contribution in [-0.4, -0.2) is 24.7 Å². The Balaban J connectivity index is 2.32. The van der Waals surface area contributed by atoms with Crippen molar-refractivity contribution >= 4 is 5.97 Å². The highest BCUT2D eigenvalue weighted by molar-refractivity contribution is 5.83. The minimum absolute atomic E-state index is 0.0901. The number of benzene rings is 1. The lowest BCUT2D eigenvalue weighted by molar-refractivity contribution is -0.163. The number of esters is 1. The van der Waals surface area contributed by atoms with E-state index in [1.165, 1.54) is 0 Å². The summed E-state index contributed by atoms with van der Waals surface area (Å²) in [6.45, 7) is 7.47. The van der Waals surface area contributed by atoms with Gasteiger partial charge >= 0.3 is 5.97 Å². The minimum atomic E-state index is -0.486. The molecule has 1 aromatic rings. The highest BCUT2D eigenvalue weighted by Crippen LogP contribution is 2.36. The van der Waals surface area contributed by atoms with Gasteiger partial charge < -0.3 is 10.1 Å². The first-order valence-corrected chi connectivity index (χ1v) is 6.94. The Hall–Kier alpha value is -1.35. The van der Waals surface area contributed by atoms with E-state index in [4.69, 9.17) is 4.74 Å². The Labute approximate surface area is 115 Å². The summed E-state index contributed by atoms with van der Waals surface area (Å²) in [5.41, 5.74) is 0.148. The van der Waals surface area contributed by atoms with Crippen LogP contribution in [0.3, 0.4) is 0 Å². The normalized spacial score (nSPS) is 18.9. The average molecular weight is 261 g/mol. The van der Waals surface area contributed by atoms with Crippen LogP contribution in [0.25, 0.3) is 0 Å². The van der Waals surface area contributed by atoms with Gasteiger partial charge in [-0.3, -0.25) is 4.79 Å². The molecule has 0 atom stereocenters. The molecule has 1 heterocycles. The fourth-order valence-electron chi connectivity index (χ4n) is 2.60. The second kappa shape index (κ2) is 5.33. The molecule has 0 aromatic heterocycles. The fourth-order valence-corrected chi connectivity index (χ4v) is 2.60. The number of carbonyl (C=O) groups excluding carboxylic acids is 1. The molecule has 1 saturated heterocycles. The maximum atomic E-state index is 12.7. The summed E-state index contributed by atoms with van der Waals surface area (Å²) >= 11 is 0. The van der Waals surface area contributed by atoms with E-state index in [2.05, 4.69) is 5.32 Å². The average Bonchev–Trinajstić information content (AvgIpc) is 2.38. The van der Waals surface area contributed by atoms with Crippen LogP contribution in [0, 0.1) is 0 Å². The highest BCUT2D eigenvalue weighted by Gasteiger charge is 2.43. The smallest absolute Gasteiger partial charge is 0.317 e. The van der Waals surface area contributed by atoms with E-state index in [0.717, 1.165) is 31.5 Å². The van der Waals surface area contributed by atoms with Crippen molar-refractivity contribution in [1.29, 1.82) is 0 Å². The zero-order valence-corrected chi connectivity index (χ0v) is 12.0. The molecule has 19 heavy (non-hydrogen) atoms. The SMILES string of the molecule is CC(C)(C)OC(=O)C1(c2ccccc2)CCNCC1. The predicted molar refractivity (Wildman–Crippen MR) is 76.1 cm³/mol. The summed E-state index contributed by atoms with van der Waals surface area (Å²) in [6.07, 6.45) is 1.60. The Morgan fingerprint density at radius 1 is 1.16 bits per heavy atom. The van der Waals surface area contributed by atoms with Crippen LogP contribution in [0.15, 0.2) is 30.3 Å². The van der Waals surface area contributed by atoms with Gasteiger partial charge in [0.2, 0.25) is 0 Å². The number of hydrogen-bond acceptors (Lipinski definition) is 3. The summed E-state index contributed by atoms with van der Waals surface area (Å²) < 4.78 is 5.67. The van der Waals surface area contributed by atoms with Gasteiger partial charge in [0.05, 0.1) is 5.41 Å². The van der Waals surface area contributed by atoms with Crippen LogP contribution in [0.4, 0.5) is 0 Å². The number of ether oxygens (including phenoxy) is 1. The summed E-state index contributed by atoms with van der Waals surface area (Å²) in [5, 5.41) is 3.32. The quantitative estimate of drug-likeness (QED) is 0.832. The van der Waals surface area contributed by atoms with Crippen molar-refractivity contribution in [2.24, 2.45) is 0 Å². The lowest BCUT2D eigenvalue weighted by atomic mass is 9.73. The van der Waals surface area contributed by atoms with Crippen molar-refractivity contribution in [1.82, 2.24) is 5.32 Å². The van der Waals surface area contributed by atoms with Crippen LogP contribution < -0.4 is 5.32 Å². The third-order valence-corrected chi connectivity index (χ3v) is 3.57. The molecular weight excluding hydrogens is 238 g/mol. The number of nitrogens with one attached hydrogen (secondary N) is 1. The maximum Gasteiger partial charge on any atom is 0.317 e. The standard InChI is InChI=1S/C16H23NO2/c1-15(2,3)19-14(18)16(9-11-17-12-10-16)13-7-5-4-6-8-13/h4-8,17H,9-12H2,1-3H3. The molecule has 0 radical (unpaired) electrons. The maximum absolute atomic E-state index is 12.7. The van der Waals surface area contributed by atoms with Crippen LogP contribution in [0.1, 0.15) is 39.2 Å². The molecule has 0 saturated carbocycles. The molecule has 3 nitrogen and oxygen atoms in total. The van der Waals surface area contributed by atoms with Gasteiger partial charge in [-0.25, -0.2) is 0 Å². The van der Waals surface area contributed by atoms with E-state index >= 15 is 0 Å². The third-order valence-electron chi connectivity index (χ3n) is 3.57. The summed E-state index contributed by atoms with van der Waals surface area (Å²) in [6, 6.07) is 10.0. The molecule has 1 fully saturated rings. The van der Waals surface area contributed by atoms with Crippen molar-refractivity contribution in [3.63, 3.8) is 0 Å². The van der Waals surface area contributed by atoms with Gasteiger partial charge in [0, 0.05) is 0 Å². The Bertz CT molecular complexity index is 428. The molecule has 1 aliphatic rings. The van der Waals surface area contributed by atoms with E-state index in [9.17, 15) is 4.79 Å². The topological polar surface area (TPSA) is 38.3 Å². The van der Waals surface area contributed by atoms with Gasteiger partial charge in [-0.1, -0.05) is 30.3 Å². The number of rotatable bonds is 2. The summed E-state index contributed by atoms with van der Waals surface area (Å²) in [5.74, 6) is -0.0901. The van der Waals surface area contributed by atoms with Crippen LogP contribution in [0.5, 0.6) is 0 Å². The zero-order chi connectivity index (χ0) is 13.9. The molecule has 0 unspecified atom stereocenters. The van der Waals surface area contributed by atoms with Gasteiger partial charge in [-0.05, 0) is 52.3 Å². The van der Waals surface area contributed by atoms with Crippen LogP contribution >= 0.6 is 0 Å². The Morgan fingerprint density at radius 3 is 2.26 bits per heavy atom. The molecule has 1 N–H and O–H groups in total. The van der Waals surface area contributed by atoms with E-state index < -0.39 is 11.0 Å². The molecular formula is C16H23NO2. The van der Waals surface area contributed by atoms with E-state index in [1.54, 1.807) is 0 Å². The van der Waals surface area contributed by atoms with E-state index in [1.807, 2.05) is 51.1 Å². The van der Waals surface area contributed by atoms with Crippen molar-refractivity contribution in [3.8, 4) is 0 Å². The van der Waals surface area contributed by atoms with E-state index in [0.29, 0.717) is 0 Å². The summed E-state index contributed by atoms with van der Waals surface area (Å²) in [4.78, 5) is 12.7. The monoisotopic (exact) mass is 261 g/mol. The van der Waals surface area contributed by atoms with Gasteiger partial charge in [0.25, 0.3) is 0 Å². The molecule has 1 aromatic carbocycles. The lowest BCUT2D eigenvalue weighted by Crippen LogP contribution is -2.48. The Kier molecular flexibility index (Phi) is 3.95. The molecule has 3 heteroatoms.